The van der Waals surface area contributed by atoms with Gasteiger partial charge in [-0.2, -0.15) is 0 Å². The minimum absolute atomic E-state index is 0.0299. The summed E-state index contributed by atoms with van der Waals surface area (Å²) in [7, 11) is -0.201. The van der Waals surface area contributed by atoms with Crippen LogP contribution >= 0.6 is 0 Å². The predicted molar refractivity (Wildman–Crippen MR) is 169 cm³/mol. The third-order valence-corrected chi connectivity index (χ3v) is 13.8. The number of benzene rings is 4. The van der Waals surface area contributed by atoms with E-state index in [0.29, 0.717) is 17.9 Å². The Hall–Kier alpha value is -3.45. The molecule has 6 heteroatoms. The first kappa shape index (κ1) is 27.7. The fraction of sp³-hybridized carbons (Fsp3) is 0.343. The number of hydrogen-bond donors (Lipinski definition) is 1. The van der Waals surface area contributed by atoms with Gasteiger partial charge in [-0.15, -0.1) is 0 Å². The highest BCUT2D eigenvalue weighted by Gasteiger charge is 2.50. The molecule has 0 saturated carbocycles. The van der Waals surface area contributed by atoms with Gasteiger partial charge in [0, 0.05) is 17.7 Å². The van der Waals surface area contributed by atoms with E-state index < -0.39 is 8.07 Å². The lowest BCUT2D eigenvalue weighted by Crippen LogP contribution is -2.50. The number of aliphatic hydroxyl groups excluding tert-OH is 1. The summed E-state index contributed by atoms with van der Waals surface area (Å²) in [5.41, 5.74) is 4.27. The second-order valence-electron chi connectivity index (χ2n) is 12.1. The summed E-state index contributed by atoms with van der Waals surface area (Å²) >= 11 is 0. The Labute approximate surface area is 243 Å². The molecule has 0 unspecified atom stereocenters. The molecule has 41 heavy (non-hydrogen) atoms. The number of methoxy groups -OCH3 is 1. The fourth-order valence-corrected chi connectivity index (χ4v) is 11.5. The van der Waals surface area contributed by atoms with Crippen molar-refractivity contribution in [1.29, 1.82) is 0 Å². The highest BCUT2D eigenvalue weighted by molar-refractivity contribution is 6.91. The Morgan fingerprint density at radius 2 is 1.61 bits per heavy atom. The van der Waals surface area contributed by atoms with Gasteiger partial charge >= 0.3 is 0 Å². The number of hydrogen-bond acceptors (Lipinski definition) is 4. The number of aliphatic hydroxyl groups is 1. The average molecular weight is 566 g/mol. The van der Waals surface area contributed by atoms with E-state index in [2.05, 4.69) is 80.7 Å². The number of amides is 1. The lowest BCUT2D eigenvalue weighted by molar-refractivity contribution is 0.0196. The molecule has 2 aliphatic heterocycles. The maximum Gasteiger partial charge on any atom is 0.263 e. The third-order valence-electron chi connectivity index (χ3n) is 9.45. The first-order valence-electron chi connectivity index (χ1n) is 14.7. The molecular weight excluding hydrogens is 526 g/mol. The van der Waals surface area contributed by atoms with Gasteiger partial charge in [0.25, 0.3) is 5.91 Å². The van der Waals surface area contributed by atoms with Gasteiger partial charge in [0.05, 0.1) is 38.6 Å². The smallest absolute Gasteiger partial charge is 0.263 e. The van der Waals surface area contributed by atoms with Gasteiger partial charge in [-0.3, -0.25) is 9.69 Å². The summed E-state index contributed by atoms with van der Waals surface area (Å²) in [5, 5.41) is 13.4. The molecule has 0 aromatic heterocycles. The van der Waals surface area contributed by atoms with Crippen molar-refractivity contribution < 1.29 is 19.4 Å². The second-order valence-corrected chi connectivity index (χ2v) is 16.8. The summed E-state index contributed by atoms with van der Waals surface area (Å²) < 4.78 is 12.1. The lowest BCUT2D eigenvalue weighted by Gasteiger charge is -2.36. The van der Waals surface area contributed by atoms with Gasteiger partial charge in [-0.25, -0.2) is 0 Å². The quantitative estimate of drug-likeness (QED) is 0.226. The van der Waals surface area contributed by atoms with Crippen LogP contribution in [0.1, 0.15) is 35.7 Å². The van der Waals surface area contributed by atoms with Crippen molar-refractivity contribution in [2.45, 2.75) is 57.0 Å². The molecule has 1 N–H and O–H groups in total. The average Bonchev–Trinajstić information content (AvgIpc) is 3.47. The Balaban J connectivity index is 1.16. The highest BCUT2D eigenvalue weighted by Crippen LogP contribution is 2.46. The van der Waals surface area contributed by atoms with Crippen LogP contribution in [-0.4, -0.2) is 45.0 Å². The normalized spacial score (nSPS) is 22.1. The molecule has 0 radical (unpaired) electrons. The zero-order chi connectivity index (χ0) is 28.7. The number of carbonyl (C=O) groups excluding carboxylic acids is 1. The molecule has 1 amide bonds. The number of anilines is 2. The van der Waals surface area contributed by atoms with Crippen LogP contribution in [-0.2, 0) is 11.2 Å². The number of nitrogens with zero attached hydrogens (tertiary/aromatic N) is 1. The van der Waals surface area contributed by atoms with E-state index in [1.165, 1.54) is 10.8 Å². The van der Waals surface area contributed by atoms with Crippen LogP contribution in [0.25, 0.3) is 10.8 Å². The van der Waals surface area contributed by atoms with Crippen molar-refractivity contribution >= 4 is 41.3 Å². The molecule has 0 spiro atoms. The van der Waals surface area contributed by atoms with Gasteiger partial charge in [0.2, 0.25) is 0 Å². The number of ether oxygens (including phenoxy) is 2. The molecule has 1 saturated heterocycles. The maximum absolute atomic E-state index is 13.3. The van der Waals surface area contributed by atoms with Crippen LogP contribution in [0.4, 0.5) is 11.4 Å². The van der Waals surface area contributed by atoms with Gasteiger partial charge in [0.1, 0.15) is 5.75 Å². The minimum Gasteiger partial charge on any atom is -0.497 e. The number of carbonyl (C=O) groups is 1. The molecule has 0 bridgehead atoms. The molecule has 212 valence electrons. The summed E-state index contributed by atoms with van der Waals surface area (Å²) in [6.07, 6.45) is 2.72. The van der Waals surface area contributed by atoms with Gasteiger partial charge in [-0.05, 0) is 78.1 Å². The molecule has 0 aliphatic carbocycles. The molecular formula is C35H39NO4Si. The molecule has 6 rings (SSSR count). The fourth-order valence-electron chi connectivity index (χ4n) is 7.34. The standard InChI is InChI=1S/C35H39NO4Si/c1-23-31(40-32(21-22-37)34(23)41(3,4)28-18-16-27(39-2)17-19-28)20-13-24-11-14-26(15-12-24)36-30-10-6-8-25-7-5-9-29(33(25)30)35(36)38/h5-12,14-19,23,31-32,34,37H,13,20-22H2,1-4H3/t23-,31+,32-,34+/m0/s1. The summed E-state index contributed by atoms with van der Waals surface area (Å²) in [6.45, 7) is 7.35. The predicted octanol–water partition coefficient (Wildman–Crippen LogP) is 6.84. The SMILES string of the molecule is COc1ccc([Si](C)(C)[C@@H]2[C@@H](C)[C@@H](CCc3ccc(N4C(=O)c5cccc6cccc4c56)cc3)O[C@H]2CCO)cc1. The topological polar surface area (TPSA) is 59.0 Å². The number of rotatable bonds is 9. The minimum atomic E-state index is -1.90. The molecule has 4 aromatic rings. The summed E-state index contributed by atoms with van der Waals surface area (Å²) in [5.74, 6) is 1.30. The summed E-state index contributed by atoms with van der Waals surface area (Å²) in [4.78, 5) is 15.2. The summed E-state index contributed by atoms with van der Waals surface area (Å²) in [6, 6.07) is 29.0. The zero-order valence-electron chi connectivity index (χ0n) is 24.3. The van der Waals surface area contributed by atoms with E-state index in [4.69, 9.17) is 9.47 Å². The van der Waals surface area contributed by atoms with E-state index in [1.807, 2.05) is 29.2 Å². The van der Waals surface area contributed by atoms with Crippen molar-refractivity contribution in [2.24, 2.45) is 5.92 Å². The Bertz CT molecular complexity index is 1540. The molecule has 2 aliphatic rings. The Morgan fingerprint density at radius 1 is 0.902 bits per heavy atom. The molecule has 4 atom stereocenters. The van der Waals surface area contributed by atoms with E-state index in [0.717, 1.165) is 46.3 Å². The first-order valence-corrected chi connectivity index (χ1v) is 17.8. The van der Waals surface area contributed by atoms with Gasteiger partial charge in [-0.1, -0.05) is 73.7 Å². The van der Waals surface area contributed by atoms with Crippen LogP contribution in [0.3, 0.4) is 0 Å². The Kier molecular flexibility index (Phi) is 7.49. The molecule has 5 nitrogen and oxygen atoms in total. The molecule has 4 aromatic carbocycles. The maximum atomic E-state index is 13.3. The lowest BCUT2D eigenvalue weighted by atomic mass is 9.95. The Morgan fingerprint density at radius 3 is 2.29 bits per heavy atom. The van der Waals surface area contributed by atoms with Crippen molar-refractivity contribution in [3.8, 4) is 5.75 Å². The van der Waals surface area contributed by atoms with Crippen molar-refractivity contribution in [3.63, 3.8) is 0 Å². The van der Waals surface area contributed by atoms with E-state index in [-0.39, 0.29) is 24.7 Å². The van der Waals surface area contributed by atoms with Crippen LogP contribution in [0, 0.1) is 5.92 Å². The van der Waals surface area contributed by atoms with Gasteiger partial charge in [0.15, 0.2) is 0 Å². The van der Waals surface area contributed by atoms with E-state index in [1.54, 1.807) is 7.11 Å². The second kappa shape index (κ2) is 11.1. The third kappa shape index (κ3) is 4.88. The van der Waals surface area contributed by atoms with E-state index >= 15 is 0 Å². The number of aryl methyl sites for hydroxylation is 1. The van der Waals surface area contributed by atoms with Crippen molar-refractivity contribution in [1.82, 2.24) is 0 Å². The van der Waals surface area contributed by atoms with Crippen LogP contribution in [0.5, 0.6) is 5.75 Å². The van der Waals surface area contributed by atoms with Gasteiger partial charge < -0.3 is 14.6 Å². The van der Waals surface area contributed by atoms with Crippen LogP contribution in [0.15, 0.2) is 84.9 Å². The van der Waals surface area contributed by atoms with E-state index in [9.17, 15) is 9.90 Å². The monoisotopic (exact) mass is 565 g/mol. The van der Waals surface area contributed by atoms with Crippen molar-refractivity contribution in [2.75, 3.05) is 18.6 Å². The van der Waals surface area contributed by atoms with Crippen LogP contribution in [0.2, 0.25) is 18.6 Å². The largest absolute Gasteiger partial charge is 0.497 e. The molecule has 2 heterocycles. The highest BCUT2D eigenvalue weighted by atomic mass is 28.3. The van der Waals surface area contributed by atoms with Crippen LogP contribution < -0.4 is 14.8 Å². The molecule has 1 fully saturated rings. The van der Waals surface area contributed by atoms with Crippen molar-refractivity contribution in [3.05, 3.63) is 96.1 Å². The zero-order valence-corrected chi connectivity index (χ0v) is 25.3. The first-order chi connectivity index (χ1) is 19.8.